The molecule has 1 amide bonds. The maximum Gasteiger partial charge on any atom is 0.415 e. The number of amides is 1. The summed E-state index contributed by atoms with van der Waals surface area (Å²) in [5, 5.41) is 13.5. The number of benzene rings is 1. The highest BCUT2D eigenvalue weighted by atomic mass is 19.4. The molecule has 106 valence electrons. The van der Waals surface area contributed by atoms with Gasteiger partial charge in [0.2, 0.25) is 5.91 Å². The number of alkyl halides is 3. The minimum atomic E-state index is -4.68. The second kappa shape index (κ2) is 6.53. The zero-order valence-electron chi connectivity index (χ0n) is 10.3. The van der Waals surface area contributed by atoms with E-state index in [1.807, 2.05) is 6.92 Å². The smallest absolute Gasteiger partial charge is 0.382 e. The molecule has 0 aromatic heterocycles. The molecule has 1 unspecified atom stereocenters. The molecule has 7 heteroatoms. The average Bonchev–Trinajstić information content (AvgIpc) is 2.31. The van der Waals surface area contributed by atoms with Crippen LogP contribution < -0.4 is 10.6 Å². The van der Waals surface area contributed by atoms with E-state index in [9.17, 15) is 18.0 Å². The SMILES string of the molecule is Cc1ccc(NC(=O)CNCC(O)C(F)(F)F)cc1. The Bertz CT molecular complexity index is 418. The first kappa shape index (κ1) is 15.5. The first-order valence-corrected chi connectivity index (χ1v) is 5.61. The van der Waals surface area contributed by atoms with Crippen molar-refractivity contribution in [2.24, 2.45) is 0 Å². The summed E-state index contributed by atoms with van der Waals surface area (Å²) in [7, 11) is 0. The quantitative estimate of drug-likeness (QED) is 0.762. The number of anilines is 1. The highest BCUT2D eigenvalue weighted by molar-refractivity contribution is 5.92. The third kappa shape index (κ3) is 5.71. The van der Waals surface area contributed by atoms with Crippen LogP contribution in [0.3, 0.4) is 0 Å². The van der Waals surface area contributed by atoms with Crippen molar-refractivity contribution < 1.29 is 23.1 Å². The van der Waals surface area contributed by atoms with Gasteiger partial charge < -0.3 is 15.7 Å². The molecule has 0 radical (unpaired) electrons. The molecular weight excluding hydrogens is 261 g/mol. The Morgan fingerprint density at radius 3 is 2.42 bits per heavy atom. The lowest BCUT2D eigenvalue weighted by molar-refractivity contribution is -0.201. The summed E-state index contributed by atoms with van der Waals surface area (Å²) in [5.41, 5.74) is 1.60. The number of aryl methyl sites for hydroxylation is 1. The normalized spacial score (nSPS) is 13.1. The van der Waals surface area contributed by atoms with Crippen LogP contribution in [0.1, 0.15) is 5.56 Å². The van der Waals surface area contributed by atoms with Gasteiger partial charge in [0, 0.05) is 12.2 Å². The third-order valence-electron chi connectivity index (χ3n) is 2.34. The Hall–Kier alpha value is -1.60. The van der Waals surface area contributed by atoms with Crippen LogP contribution in [0.5, 0.6) is 0 Å². The van der Waals surface area contributed by atoms with Gasteiger partial charge in [-0.2, -0.15) is 13.2 Å². The second-order valence-electron chi connectivity index (χ2n) is 4.10. The number of carbonyl (C=O) groups excluding carboxylic acids is 1. The van der Waals surface area contributed by atoms with Gasteiger partial charge in [0.1, 0.15) is 0 Å². The average molecular weight is 276 g/mol. The molecule has 4 nitrogen and oxygen atoms in total. The molecule has 1 aromatic rings. The van der Waals surface area contributed by atoms with Crippen molar-refractivity contribution in [2.45, 2.75) is 19.2 Å². The zero-order valence-corrected chi connectivity index (χ0v) is 10.3. The van der Waals surface area contributed by atoms with E-state index in [0.717, 1.165) is 5.56 Å². The van der Waals surface area contributed by atoms with Crippen LogP contribution in [0.15, 0.2) is 24.3 Å². The lowest BCUT2D eigenvalue weighted by Crippen LogP contribution is -2.41. The Labute approximate surface area is 108 Å². The van der Waals surface area contributed by atoms with Crippen LogP contribution in [0, 0.1) is 6.92 Å². The number of hydrogen-bond acceptors (Lipinski definition) is 3. The number of rotatable bonds is 5. The van der Waals surface area contributed by atoms with Crippen LogP contribution in [-0.2, 0) is 4.79 Å². The zero-order chi connectivity index (χ0) is 14.5. The van der Waals surface area contributed by atoms with Crippen molar-refractivity contribution in [1.29, 1.82) is 0 Å². The third-order valence-corrected chi connectivity index (χ3v) is 2.34. The highest BCUT2D eigenvalue weighted by Gasteiger charge is 2.37. The predicted molar refractivity (Wildman–Crippen MR) is 64.7 cm³/mol. The fraction of sp³-hybridized carbons (Fsp3) is 0.417. The topological polar surface area (TPSA) is 61.4 Å². The van der Waals surface area contributed by atoms with Gasteiger partial charge in [-0.3, -0.25) is 4.79 Å². The van der Waals surface area contributed by atoms with Gasteiger partial charge in [-0.25, -0.2) is 0 Å². The van der Waals surface area contributed by atoms with Gasteiger partial charge in [0.25, 0.3) is 0 Å². The number of carbonyl (C=O) groups is 1. The Balaban J connectivity index is 2.31. The van der Waals surface area contributed by atoms with Crippen LogP contribution in [0.2, 0.25) is 0 Å². The van der Waals surface area contributed by atoms with Gasteiger partial charge >= 0.3 is 6.18 Å². The van der Waals surface area contributed by atoms with E-state index < -0.39 is 24.7 Å². The van der Waals surface area contributed by atoms with E-state index in [4.69, 9.17) is 5.11 Å². The van der Waals surface area contributed by atoms with Gasteiger partial charge in [-0.15, -0.1) is 0 Å². The fourth-order valence-corrected chi connectivity index (χ4v) is 1.28. The Kier molecular flexibility index (Phi) is 5.31. The molecule has 0 saturated heterocycles. The Morgan fingerprint density at radius 2 is 1.89 bits per heavy atom. The highest BCUT2D eigenvalue weighted by Crippen LogP contribution is 2.19. The molecule has 0 spiro atoms. The number of hydrogen-bond donors (Lipinski definition) is 3. The molecule has 0 heterocycles. The van der Waals surface area contributed by atoms with E-state index in [1.54, 1.807) is 24.3 Å². The predicted octanol–water partition coefficient (Wildman–Crippen LogP) is 1.45. The largest absolute Gasteiger partial charge is 0.415 e. The lowest BCUT2D eigenvalue weighted by atomic mass is 10.2. The lowest BCUT2D eigenvalue weighted by Gasteiger charge is -2.14. The van der Waals surface area contributed by atoms with Crippen LogP contribution in [0.25, 0.3) is 0 Å². The summed E-state index contributed by atoms with van der Waals surface area (Å²) in [6, 6.07) is 6.99. The molecule has 1 aromatic carbocycles. The standard InChI is InChI=1S/C12H15F3N2O2/c1-8-2-4-9(5-3-8)17-11(19)7-16-6-10(18)12(13,14)15/h2-5,10,16,18H,6-7H2,1H3,(H,17,19). The van der Waals surface area contributed by atoms with Gasteiger partial charge in [-0.05, 0) is 19.1 Å². The molecular formula is C12H15F3N2O2. The first-order chi connectivity index (χ1) is 8.79. The molecule has 1 rings (SSSR count). The summed E-state index contributed by atoms with van der Waals surface area (Å²) in [6.07, 6.45) is -7.15. The van der Waals surface area contributed by atoms with E-state index in [-0.39, 0.29) is 6.54 Å². The minimum absolute atomic E-state index is 0.305. The maximum atomic E-state index is 12.0. The molecule has 0 aliphatic carbocycles. The van der Waals surface area contributed by atoms with Crippen LogP contribution >= 0.6 is 0 Å². The summed E-state index contributed by atoms with van der Waals surface area (Å²) in [5.74, 6) is -0.474. The van der Waals surface area contributed by atoms with Crippen LogP contribution in [0.4, 0.5) is 18.9 Å². The van der Waals surface area contributed by atoms with Crippen molar-refractivity contribution in [3.63, 3.8) is 0 Å². The van der Waals surface area contributed by atoms with Crippen molar-refractivity contribution >= 4 is 11.6 Å². The van der Waals surface area contributed by atoms with Gasteiger partial charge in [-0.1, -0.05) is 17.7 Å². The van der Waals surface area contributed by atoms with Crippen LogP contribution in [-0.4, -0.2) is 36.4 Å². The monoisotopic (exact) mass is 276 g/mol. The van der Waals surface area contributed by atoms with E-state index in [2.05, 4.69) is 10.6 Å². The molecule has 3 N–H and O–H groups in total. The minimum Gasteiger partial charge on any atom is -0.382 e. The van der Waals surface area contributed by atoms with Crippen molar-refractivity contribution in [2.75, 3.05) is 18.4 Å². The Morgan fingerprint density at radius 1 is 1.32 bits per heavy atom. The number of nitrogens with one attached hydrogen (secondary N) is 2. The summed E-state index contributed by atoms with van der Waals surface area (Å²) < 4.78 is 35.9. The molecule has 0 aliphatic heterocycles. The van der Waals surface area contributed by atoms with Crippen molar-refractivity contribution in [3.8, 4) is 0 Å². The van der Waals surface area contributed by atoms with E-state index in [1.165, 1.54) is 0 Å². The molecule has 0 fully saturated rings. The molecule has 1 atom stereocenters. The maximum absolute atomic E-state index is 12.0. The molecule has 0 saturated carbocycles. The molecule has 0 aliphatic rings. The van der Waals surface area contributed by atoms with E-state index in [0.29, 0.717) is 5.69 Å². The summed E-state index contributed by atoms with van der Waals surface area (Å²) in [4.78, 5) is 11.4. The first-order valence-electron chi connectivity index (χ1n) is 5.61. The van der Waals surface area contributed by atoms with E-state index >= 15 is 0 Å². The number of aliphatic hydroxyl groups excluding tert-OH is 1. The molecule has 19 heavy (non-hydrogen) atoms. The second-order valence-corrected chi connectivity index (χ2v) is 4.10. The van der Waals surface area contributed by atoms with Crippen molar-refractivity contribution in [3.05, 3.63) is 29.8 Å². The summed E-state index contributed by atoms with van der Waals surface area (Å²) in [6.45, 7) is 0.873. The van der Waals surface area contributed by atoms with Gasteiger partial charge in [0.15, 0.2) is 6.10 Å². The summed E-state index contributed by atoms with van der Waals surface area (Å²) >= 11 is 0. The van der Waals surface area contributed by atoms with Crippen molar-refractivity contribution in [1.82, 2.24) is 5.32 Å². The number of halogens is 3. The van der Waals surface area contributed by atoms with Gasteiger partial charge in [0.05, 0.1) is 6.54 Å². The number of aliphatic hydroxyl groups is 1. The fourth-order valence-electron chi connectivity index (χ4n) is 1.28. The molecule has 0 bridgehead atoms.